The van der Waals surface area contributed by atoms with Crippen molar-refractivity contribution in [3.63, 3.8) is 0 Å². The highest BCUT2D eigenvalue weighted by molar-refractivity contribution is 9.10. The van der Waals surface area contributed by atoms with Crippen LogP contribution in [-0.4, -0.2) is 10.2 Å². The van der Waals surface area contributed by atoms with Crippen molar-refractivity contribution in [1.82, 2.24) is 0 Å². The number of rotatable bonds is 3. The molecule has 4 heteroatoms. The van der Waals surface area contributed by atoms with Crippen LogP contribution in [0.5, 0.6) is 11.5 Å². The van der Waals surface area contributed by atoms with Gasteiger partial charge in [0.05, 0.1) is 0 Å². The molecule has 100 valence electrons. The third-order valence-electron chi connectivity index (χ3n) is 2.97. The first-order valence-electron chi connectivity index (χ1n) is 6.01. The summed E-state index contributed by atoms with van der Waals surface area (Å²) in [4.78, 5) is 0. The van der Waals surface area contributed by atoms with E-state index in [0.29, 0.717) is 0 Å². The summed E-state index contributed by atoms with van der Waals surface area (Å²) >= 11 is 3.47. The molecule has 0 aliphatic carbocycles. The highest BCUT2D eigenvalue weighted by Gasteiger charge is 2.08. The van der Waals surface area contributed by atoms with Crippen LogP contribution in [0.2, 0.25) is 0 Å². The summed E-state index contributed by atoms with van der Waals surface area (Å²) in [5, 5.41) is 22.3. The zero-order valence-electron chi connectivity index (χ0n) is 10.8. The molecule has 1 unspecified atom stereocenters. The van der Waals surface area contributed by atoms with Crippen molar-refractivity contribution in [2.24, 2.45) is 0 Å². The molecule has 0 aromatic heterocycles. The van der Waals surface area contributed by atoms with E-state index in [1.165, 1.54) is 6.07 Å². The summed E-state index contributed by atoms with van der Waals surface area (Å²) in [5.74, 6) is 0.131. The highest BCUT2D eigenvalue weighted by atomic mass is 79.9. The number of anilines is 1. The summed E-state index contributed by atoms with van der Waals surface area (Å²) in [6.45, 7) is 4.01. The molecule has 19 heavy (non-hydrogen) atoms. The van der Waals surface area contributed by atoms with Crippen molar-refractivity contribution >= 4 is 21.6 Å². The van der Waals surface area contributed by atoms with Gasteiger partial charge < -0.3 is 15.5 Å². The van der Waals surface area contributed by atoms with Gasteiger partial charge >= 0.3 is 0 Å². The molecule has 3 N–H and O–H groups in total. The van der Waals surface area contributed by atoms with E-state index in [1.54, 1.807) is 12.1 Å². The van der Waals surface area contributed by atoms with Gasteiger partial charge in [-0.05, 0) is 55.3 Å². The molecule has 0 aliphatic heterocycles. The van der Waals surface area contributed by atoms with Crippen LogP contribution >= 0.6 is 15.9 Å². The number of aryl methyl sites for hydroxylation is 1. The minimum Gasteiger partial charge on any atom is -0.508 e. The zero-order valence-corrected chi connectivity index (χ0v) is 12.4. The first-order valence-corrected chi connectivity index (χ1v) is 6.80. The largest absolute Gasteiger partial charge is 0.508 e. The Balaban J connectivity index is 2.20. The van der Waals surface area contributed by atoms with Crippen LogP contribution in [-0.2, 0) is 0 Å². The van der Waals surface area contributed by atoms with E-state index in [4.69, 9.17) is 0 Å². The molecular weight excluding hydrogens is 306 g/mol. The van der Waals surface area contributed by atoms with Gasteiger partial charge in [-0.15, -0.1) is 0 Å². The van der Waals surface area contributed by atoms with E-state index in [1.807, 2.05) is 32.0 Å². The maximum atomic E-state index is 9.50. The maximum Gasteiger partial charge on any atom is 0.119 e. The van der Waals surface area contributed by atoms with Crippen molar-refractivity contribution in [1.29, 1.82) is 0 Å². The van der Waals surface area contributed by atoms with Gasteiger partial charge in [0.15, 0.2) is 0 Å². The van der Waals surface area contributed by atoms with Gasteiger partial charge in [-0.1, -0.05) is 15.9 Å². The van der Waals surface area contributed by atoms with E-state index in [0.717, 1.165) is 21.3 Å². The highest BCUT2D eigenvalue weighted by Crippen LogP contribution is 2.28. The molecule has 0 bridgehead atoms. The Kier molecular flexibility index (Phi) is 4.00. The molecule has 0 amide bonds. The molecular formula is C15H16BrNO2. The monoisotopic (exact) mass is 321 g/mol. The van der Waals surface area contributed by atoms with Crippen LogP contribution in [0, 0.1) is 6.92 Å². The zero-order chi connectivity index (χ0) is 14.0. The van der Waals surface area contributed by atoms with Crippen molar-refractivity contribution in [3.05, 3.63) is 52.0 Å². The van der Waals surface area contributed by atoms with Gasteiger partial charge in [-0.3, -0.25) is 0 Å². The van der Waals surface area contributed by atoms with Crippen LogP contribution in [0.4, 0.5) is 5.69 Å². The summed E-state index contributed by atoms with van der Waals surface area (Å²) in [6.07, 6.45) is 0. The number of nitrogens with one attached hydrogen (secondary N) is 1. The molecule has 0 saturated heterocycles. The Bertz CT molecular complexity index is 578. The van der Waals surface area contributed by atoms with E-state index in [-0.39, 0.29) is 17.5 Å². The van der Waals surface area contributed by atoms with Crippen LogP contribution in [0.3, 0.4) is 0 Å². The third kappa shape index (κ3) is 3.41. The lowest BCUT2D eigenvalue weighted by molar-refractivity contribution is 0.448. The molecule has 0 aliphatic rings. The Morgan fingerprint density at radius 1 is 1.05 bits per heavy atom. The van der Waals surface area contributed by atoms with Gasteiger partial charge in [-0.2, -0.15) is 0 Å². The fraction of sp³-hybridized carbons (Fsp3) is 0.200. The SMILES string of the molecule is Cc1cc(NC(C)c2cc(O)cc(O)c2)ccc1Br. The number of benzene rings is 2. The minimum atomic E-state index is -0.0152. The summed E-state index contributed by atoms with van der Waals surface area (Å²) in [5.41, 5.74) is 2.98. The van der Waals surface area contributed by atoms with Crippen LogP contribution in [0.1, 0.15) is 24.1 Å². The molecule has 2 aromatic rings. The van der Waals surface area contributed by atoms with Crippen molar-refractivity contribution in [2.45, 2.75) is 19.9 Å². The van der Waals surface area contributed by atoms with Crippen molar-refractivity contribution in [3.8, 4) is 11.5 Å². The summed E-state index contributed by atoms with van der Waals surface area (Å²) in [6, 6.07) is 10.6. The van der Waals surface area contributed by atoms with Crippen LogP contribution in [0.15, 0.2) is 40.9 Å². The topological polar surface area (TPSA) is 52.5 Å². The molecule has 1 atom stereocenters. The first-order chi connectivity index (χ1) is 8.95. The molecule has 0 radical (unpaired) electrons. The fourth-order valence-electron chi connectivity index (χ4n) is 1.94. The Labute approximate surface area is 121 Å². The average molecular weight is 322 g/mol. The summed E-state index contributed by atoms with van der Waals surface area (Å²) < 4.78 is 1.07. The molecule has 2 aromatic carbocycles. The first kappa shape index (κ1) is 13.7. The summed E-state index contributed by atoms with van der Waals surface area (Å²) in [7, 11) is 0. The predicted molar refractivity (Wildman–Crippen MR) is 80.7 cm³/mol. The number of phenolic OH excluding ortho intramolecular Hbond substituents is 2. The second-order valence-electron chi connectivity index (χ2n) is 4.61. The smallest absolute Gasteiger partial charge is 0.119 e. The van der Waals surface area contributed by atoms with Gasteiger partial charge in [0, 0.05) is 22.3 Å². The maximum absolute atomic E-state index is 9.50. The van der Waals surface area contributed by atoms with Crippen molar-refractivity contribution < 1.29 is 10.2 Å². The van der Waals surface area contributed by atoms with Gasteiger partial charge in [-0.25, -0.2) is 0 Å². The Hall–Kier alpha value is -1.68. The number of hydrogen-bond acceptors (Lipinski definition) is 3. The molecule has 3 nitrogen and oxygen atoms in total. The van der Waals surface area contributed by atoms with Gasteiger partial charge in [0.25, 0.3) is 0 Å². The second kappa shape index (κ2) is 5.53. The Morgan fingerprint density at radius 3 is 2.26 bits per heavy atom. The Morgan fingerprint density at radius 2 is 1.68 bits per heavy atom. The van der Waals surface area contributed by atoms with E-state index < -0.39 is 0 Å². The van der Waals surface area contributed by atoms with E-state index >= 15 is 0 Å². The van der Waals surface area contributed by atoms with Gasteiger partial charge in [0.2, 0.25) is 0 Å². The molecule has 0 heterocycles. The lowest BCUT2D eigenvalue weighted by Crippen LogP contribution is -2.06. The van der Waals surface area contributed by atoms with E-state index in [2.05, 4.69) is 21.2 Å². The standard InChI is InChI=1S/C15H16BrNO2/c1-9-5-12(3-4-15(9)16)17-10(2)11-6-13(18)8-14(19)7-11/h3-8,10,17-19H,1-2H3. The number of phenols is 2. The normalized spacial score (nSPS) is 12.2. The number of hydrogen-bond donors (Lipinski definition) is 3. The van der Waals surface area contributed by atoms with Crippen LogP contribution in [0.25, 0.3) is 0 Å². The number of aromatic hydroxyl groups is 2. The molecule has 0 spiro atoms. The minimum absolute atomic E-state index is 0.0152. The molecule has 0 saturated carbocycles. The van der Waals surface area contributed by atoms with Crippen LogP contribution < -0.4 is 5.32 Å². The average Bonchev–Trinajstić information content (AvgIpc) is 2.32. The second-order valence-corrected chi connectivity index (χ2v) is 5.47. The van der Waals surface area contributed by atoms with Gasteiger partial charge in [0.1, 0.15) is 11.5 Å². The van der Waals surface area contributed by atoms with Crippen molar-refractivity contribution in [2.75, 3.05) is 5.32 Å². The molecule has 2 rings (SSSR count). The predicted octanol–water partition coefficient (Wildman–Crippen LogP) is 4.34. The quantitative estimate of drug-likeness (QED) is 0.788. The lowest BCUT2D eigenvalue weighted by atomic mass is 10.1. The number of halogens is 1. The lowest BCUT2D eigenvalue weighted by Gasteiger charge is -2.17. The third-order valence-corrected chi connectivity index (χ3v) is 3.86. The fourth-order valence-corrected chi connectivity index (χ4v) is 2.18. The molecule has 0 fully saturated rings. The van der Waals surface area contributed by atoms with E-state index in [9.17, 15) is 10.2 Å².